The number of rotatable bonds is 5. The first-order chi connectivity index (χ1) is 9.12. The highest BCUT2D eigenvalue weighted by molar-refractivity contribution is 5.93. The van der Waals surface area contributed by atoms with Crippen molar-refractivity contribution < 1.29 is 4.92 Å². The lowest BCUT2D eigenvalue weighted by atomic mass is 10.2. The van der Waals surface area contributed by atoms with Crippen LogP contribution in [0.4, 0.5) is 11.4 Å². The molecule has 19 heavy (non-hydrogen) atoms. The zero-order chi connectivity index (χ0) is 14.3. The Bertz CT molecular complexity index is 537. The van der Waals surface area contributed by atoms with E-state index in [1.807, 2.05) is 0 Å². The lowest BCUT2D eigenvalue weighted by Crippen LogP contribution is -2.17. The Kier molecular flexibility index (Phi) is 5.21. The van der Waals surface area contributed by atoms with Crippen molar-refractivity contribution in [2.24, 2.45) is 9.98 Å². The smallest absolute Gasteiger partial charge is 0.292 e. The van der Waals surface area contributed by atoms with Gasteiger partial charge in [-0.1, -0.05) is 12.1 Å². The molecule has 0 aromatic heterocycles. The van der Waals surface area contributed by atoms with E-state index in [0.29, 0.717) is 17.3 Å². The Morgan fingerprint density at radius 2 is 2.16 bits per heavy atom. The normalized spacial score (nSPS) is 11.9. The molecule has 1 aromatic carbocycles. The molecule has 0 saturated carbocycles. The van der Waals surface area contributed by atoms with Gasteiger partial charge in [0.1, 0.15) is 17.3 Å². The lowest BCUT2D eigenvalue weighted by Gasteiger charge is -2.07. The van der Waals surface area contributed by atoms with Crippen LogP contribution >= 0.6 is 0 Å². The molecule has 0 heterocycles. The maximum Gasteiger partial charge on any atom is 0.292 e. The second-order valence-electron chi connectivity index (χ2n) is 3.45. The molecule has 0 radical (unpaired) electrons. The summed E-state index contributed by atoms with van der Waals surface area (Å²) in [5.41, 5.74) is 0.314. The SMILES string of the molecule is C=N/C(=C\C(=NC)NC)Nc1ccccc1[N+](=O)[O-]. The van der Waals surface area contributed by atoms with Crippen molar-refractivity contribution in [3.8, 4) is 0 Å². The van der Waals surface area contributed by atoms with Gasteiger partial charge in [0.2, 0.25) is 0 Å². The molecule has 0 aliphatic carbocycles. The van der Waals surface area contributed by atoms with Gasteiger partial charge in [0, 0.05) is 26.2 Å². The molecule has 0 fully saturated rings. The molecule has 0 saturated heterocycles. The number of nitro groups is 1. The Balaban J connectivity index is 3.06. The molecule has 0 aliphatic heterocycles. The van der Waals surface area contributed by atoms with Gasteiger partial charge in [-0.2, -0.15) is 0 Å². The predicted molar refractivity (Wildman–Crippen MR) is 76.8 cm³/mol. The third-order valence-corrected chi connectivity index (χ3v) is 2.30. The van der Waals surface area contributed by atoms with Crippen LogP contribution in [0.3, 0.4) is 0 Å². The van der Waals surface area contributed by atoms with Crippen molar-refractivity contribution >= 4 is 23.9 Å². The summed E-state index contributed by atoms with van der Waals surface area (Å²) in [5, 5.41) is 16.6. The molecule has 1 rings (SSSR count). The minimum absolute atomic E-state index is 0.0310. The number of aliphatic imine (C=N–C) groups is 2. The number of benzene rings is 1. The van der Waals surface area contributed by atoms with Crippen LogP contribution in [0.5, 0.6) is 0 Å². The van der Waals surface area contributed by atoms with Crippen LogP contribution in [-0.4, -0.2) is 31.6 Å². The molecule has 2 N–H and O–H groups in total. The Morgan fingerprint density at radius 3 is 2.68 bits per heavy atom. The van der Waals surface area contributed by atoms with Gasteiger partial charge >= 0.3 is 0 Å². The van der Waals surface area contributed by atoms with Crippen molar-refractivity contribution in [1.82, 2.24) is 5.32 Å². The van der Waals surface area contributed by atoms with E-state index in [1.54, 1.807) is 38.4 Å². The monoisotopic (exact) mass is 261 g/mol. The summed E-state index contributed by atoms with van der Waals surface area (Å²) < 4.78 is 0. The summed E-state index contributed by atoms with van der Waals surface area (Å²) in [4.78, 5) is 18.2. The number of hydrogen-bond donors (Lipinski definition) is 2. The number of nitrogens with zero attached hydrogens (tertiary/aromatic N) is 3. The number of para-hydroxylation sites is 2. The Hall–Kier alpha value is -2.70. The zero-order valence-corrected chi connectivity index (χ0v) is 10.8. The highest BCUT2D eigenvalue weighted by Crippen LogP contribution is 2.24. The minimum Gasteiger partial charge on any atom is -0.373 e. The molecule has 1 aromatic rings. The van der Waals surface area contributed by atoms with Crippen LogP contribution < -0.4 is 10.6 Å². The van der Waals surface area contributed by atoms with Crippen LogP contribution in [0.15, 0.2) is 46.1 Å². The highest BCUT2D eigenvalue weighted by atomic mass is 16.6. The fraction of sp³-hybridized carbons (Fsp3) is 0.167. The van der Waals surface area contributed by atoms with Crippen LogP contribution in [0.1, 0.15) is 0 Å². The van der Waals surface area contributed by atoms with Gasteiger partial charge in [0.25, 0.3) is 5.69 Å². The second kappa shape index (κ2) is 6.90. The van der Waals surface area contributed by atoms with Crippen LogP contribution in [0, 0.1) is 10.1 Å². The van der Waals surface area contributed by atoms with E-state index < -0.39 is 4.92 Å². The van der Waals surface area contributed by atoms with Gasteiger partial charge in [-0.3, -0.25) is 15.1 Å². The first-order valence-corrected chi connectivity index (χ1v) is 5.45. The maximum atomic E-state index is 10.9. The summed E-state index contributed by atoms with van der Waals surface area (Å²) in [6.07, 6.45) is 1.60. The van der Waals surface area contributed by atoms with Crippen molar-refractivity contribution in [2.75, 3.05) is 19.4 Å². The summed E-state index contributed by atoms with van der Waals surface area (Å²) in [7, 11) is 3.33. The largest absolute Gasteiger partial charge is 0.373 e. The molecular weight excluding hydrogens is 246 g/mol. The van der Waals surface area contributed by atoms with E-state index in [1.165, 1.54) is 6.07 Å². The topological polar surface area (TPSA) is 91.9 Å². The Labute approximate surface area is 110 Å². The number of nitro benzene ring substituents is 1. The molecular formula is C12H15N5O2. The summed E-state index contributed by atoms with van der Waals surface area (Å²) in [6.45, 7) is 3.42. The fourth-order valence-corrected chi connectivity index (χ4v) is 1.38. The number of nitrogens with one attached hydrogen (secondary N) is 2. The molecule has 0 atom stereocenters. The minimum atomic E-state index is -0.462. The molecule has 0 aliphatic rings. The van der Waals surface area contributed by atoms with Crippen molar-refractivity contribution in [1.29, 1.82) is 0 Å². The number of hydrogen-bond acceptors (Lipinski definition) is 5. The molecule has 7 nitrogen and oxygen atoms in total. The molecule has 0 bridgehead atoms. The van der Waals surface area contributed by atoms with Gasteiger partial charge in [-0.25, -0.2) is 4.99 Å². The highest BCUT2D eigenvalue weighted by Gasteiger charge is 2.12. The molecule has 0 unspecified atom stereocenters. The standard InChI is InChI=1S/C12H15N5O2/c1-13-11(14-2)8-12(15-3)16-9-6-4-5-7-10(9)17(18)19/h4-8,16H,3H2,1-2H3,(H,13,14)/b12-8+. The van der Waals surface area contributed by atoms with E-state index in [9.17, 15) is 10.1 Å². The van der Waals surface area contributed by atoms with Crippen LogP contribution in [0.25, 0.3) is 0 Å². The molecule has 100 valence electrons. The van der Waals surface area contributed by atoms with Gasteiger partial charge in [-0.05, 0) is 12.8 Å². The number of amidine groups is 1. The number of anilines is 1. The first kappa shape index (κ1) is 14.4. The van der Waals surface area contributed by atoms with E-state index in [2.05, 4.69) is 27.3 Å². The molecule has 0 amide bonds. The third-order valence-electron chi connectivity index (χ3n) is 2.30. The van der Waals surface area contributed by atoms with Crippen molar-refractivity contribution in [2.45, 2.75) is 0 Å². The number of likely N-dealkylation sites (N-methyl/N-ethyl adjacent to an activating group) is 1. The van der Waals surface area contributed by atoms with E-state index in [4.69, 9.17) is 0 Å². The molecule has 7 heteroatoms. The fourth-order valence-electron chi connectivity index (χ4n) is 1.38. The molecule has 0 spiro atoms. The van der Waals surface area contributed by atoms with Crippen LogP contribution in [-0.2, 0) is 0 Å². The average Bonchev–Trinajstić information content (AvgIpc) is 2.43. The third kappa shape index (κ3) is 3.91. The quantitative estimate of drug-likeness (QED) is 0.366. The van der Waals surface area contributed by atoms with Crippen molar-refractivity contribution in [3.05, 3.63) is 46.3 Å². The van der Waals surface area contributed by atoms with Crippen molar-refractivity contribution in [3.63, 3.8) is 0 Å². The maximum absolute atomic E-state index is 10.9. The summed E-state index contributed by atoms with van der Waals surface area (Å²) in [5.74, 6) is 0.942. The Morgan fingerprint density at radius 1 is 1.47 bits per heavy atom. The van der Waals surface area contributed by atoms with Gasteiger partial charge in [0.15, 0.2) is 0 Å². The summed E-state index contributed by atoms with van der Waals surface area (Å²) in [6, 6.07) is 6.30. The van der Waals surface area contributed by atoms with E-state index in [-0.39, 0.29) is 5.69 Å². The van der Waals surface area contributed by atoms with Gasteiger partial charge < -0.3 is 10.6 Å². The lowest BCUT2D eigenvalue weighted by molar-refractivity contribution is -0.383. The van der Waals surface area contributed by atoms with E-state index in [0.717, 1.165) is 0 Å². The summed E-state index contributed by atoms with van der Waals surface area (Å²) >= 11 is 0. The van der Waals surface area contributed by atoms with Gasteiger partial charge in [0.05, 0.1) is 4.92 Å². The predicted octanol–water partition coefficient (Wildman–Crippen LogP) is 1.80. The van der Waals surface area contributed by atoms with E-state index >= 15 is 0 Å². The first-order valence-electron chi connectivity index (χ1n) is 5.45. The van der Waals surface area contributed by atoms with Crippen LogP contribution in [0.2, 0.25) is 0 Å². The second-order valence-corrected chi connectivity index (χ2v) is 3.45. The van der Waals surface area contributed by atoms with Gasteiger partial charge in [-0.15, -0.1) is 0 Å². The average molecular weight is 261 g/mol. The zero-order valence-electron chi connectivity index (χ0n) is 10.8.